The van der Waals surface area contributed by atoms with Gasteiger partial charge in [-0.1, -0.05) is 12.1 Å². The highest BCUT2D eigenvalue weighted by atomic mass is 79.9. The van der Waals surface area contributed by atoms with Crippen LogP contribution in [0, 0.1) is 0 Å². The summed E-state index contributed by atoms with van der Waals surface area (Å²) in [6, 6.07) is 8.92. The highest BCUT2D eigenvalue weighted by Crippen LogP contribution is 2.26. The molecule has 0 radical (unpaired) electrons. The van der Waals surface area contributed by atoms with Gasteiger partial charge in [-0.15, -0.1) is 10.2 Å². The van der Waals surface area contributed by atoms with Crippen LogP contribution in [0.15, 0.2) is 45.4 Å². The molecule has 0 aliphatic carbocycles. The smallest absolute Gasteiger partial charge is 0.355 e. The first kappa shape index (κ1) is 17.1. The van der Waals surface area contributed by atoms with Crippen LogP contribution < -0.4 is 0 Å². The molecule has 0 saturated heterocycles. The molecule has 25 heavy (non-hydrogen) atoms. The highest BCUT2D eigenvalue weighted by Gasteiger charge is 2.17. The van der Waals surface area contributed by atoms with Gasteiger partial charge in [0.25, 0.3) is 5.89 Å². The minimum atomic E-state index is -0.573. The Morgan fingerprint density at radius 2 is 2.04 bits per heavy atom. The molecular formula is C17H14BrN3O4. The standard InChI is InChI=1S/C17H14BrN3O4/c1-10(22)11-7-14(21(2)8-11)17(23)24-9-15-19-20-16(25-15)12-5-3-4-6-13(12)18/h3-8H,9H2,1-2H3. The number of carbonyl (C=O) groups excluding carboxylic acids is 2. The van der Waals surface area contributed by atoms with E-state index in [0.717, 1.165) is 10.0 Å². The van der Waals surface area contributed by atoms with Crippen LogP contribution in [0.25, 0.3) is 11.5 Å². The molecule has 8 heteroatoms. The first-order chi connectivity index (χ1) is 12.0. The molecule has 7 nitrogen and oxygen atoms in total. The number of hydrogen-bond acceptors (Lipinski definition) is 6. The van der Waals surface area contributed by atoms with Crippen LogP contribution in [0.2, 0.25) is 0 Å². The highest BCUT2D eigenvalue weighted by molar-refractivity contribution is 9.10. The van der Waals surface area contributed by atoms with E-state index in [1.54, 1.807) is 17.8 Å². The molecule has 0 N–H and O–H groups in total. The first-order valence-electron chi connectivity index (χ1n) is 7.37. The second-order valence-corrected chi connectivity index (χ2v) is 6.19. The molecule has 0 bridgehead atoms. The lowest BCUT2D eigenvalue weighted by atomic mass is 10.2. The maximum Gasteiger partial charge on any atom is 0.355 e. The van der Waals surface area contributed by atoms with Crippen LogP contribution in [0.5, 0.6) is 0 Å². The number of benzene rings is 1. The Hall–Kier alpha value is -2.74. The lowest BCUT2D eigenvalue weighted by molar-refractivity contribution is 0.0427. The van der Waals surface area contributed by atoms with Crippen LogP contribution in [-0.4, -0.2) is 26.5 Å². The molecule has 128 valence electrons. The Morgan fingerprint density at radius 1 is 1.28 bits per heavy atom. The molecule has 0 saturated carbocycles. The summed E-state index contributed by atoms with van der Waals surface area (Å²) in [6.45, 7) is 1.28. The van der Waals surface area contributed by atoms with E-state index >= 15 is 0 Å². The van der Waals surface area contributed by atoms with Gasteiger partial charge < -0.3 is 13.7 Å². The third-order valence-electron chi connectivity index (χ3n) is 3.52. The van der Waals surface area contributed by atoms with E-state index in [9.17, 15) is 9.59 Å². The molecule has 0 aliphatic rings. The topological polar surface area (TPSA) is 87.2 Å². The van der Waals surface area contributed by atoms with Crippen molar-refractivity contribution in [1.82, 2.24) is 14.8 Å². The van der Waals surface area contributed by atoms with Crippen molar-refractivity contribution >= 4 is 27.7 Å². The van der Waals surface area contributed by atoms with Crippen molar-refractivity contribution in [3.8, 4) is 11.5 Å². The van der Waals surface area contributed by atoms with Crippen LogP contribution in [-0.2, 0) is 18.4 Å². The van der Waals surface area contributed by atoms with Crippen LogP contribution in [0.4, 0.5) is 0 Å². The van der Waals surface area contributed by atoms with E-state index in [0.29, 0.717) is 11.5 Å². The second kappa shape index (κ2) is 7.02. The van der Waals surface area contributed by atoms with E-state index < -0.39 is 5.97 Å². The molecule has 2 aromatic heterocycles. The quantitative estimate of drug-likeness (QED) is 0.479. The summed E-state index contributed by atoms with van der Waals surface area (Å²) in [4.78, 5) is 23.5. The summed E-state index contributed by atoms with van der Waals surface area (Å²) in [5, 5.41) is 7.83. The fourth-order valence-electron chi connectivity index (χ4n) is 2.22. The Kier molecular flexibility index (Phi) is 4.80. The van der Waals surface area contributed by atoms with E-state index in [-0.39, 0.29) is 24.0 Å². The molecule has 0 spiro atoms. The molecule has 0 aliphatic heterocycles. The number of nitrogens with zero attached hydrogens (tertiary/aromatic N) is 3. The maximum absolute atomic E-state index is 12.2. The maximum atomic E-state index is 12.2. The van der Waals surface area contributed by atoms with E-state index in [4.69, 9.17) is 9.15 Å². The average Bonchev–Trinajstić information content (AvgIpc) is 3.20. The molecule has 0 fully saturated rings. The summed E-state index contributed by atoms with van der Waals surface area (Å²) in [7, 11) is 1.67. The molecule has 0 atom stereocenters. The van der Waals surface area contributed by atoms with Gasteiger partial charge in [0.15, 0.2) is 12.4 Å². The lowest BCUT2D eigenvalue weighted by Crippen LogP contribution is -2.09. The third kappa shape index (κ3) is 3.69. The van der Waals surface area contributed by atoms with Crippen molar-refractivity contribution in [1.29, 1.82) is 0 Å². The average molecular weight is 404 g/mol. The lowest BCUT2D eigenvalue weighted by Gasteiger charge is -2.02. The molecule has 0 unspecified atom stereocenters. The number of Topliss-reactive ketones (excluding diaryl/α,β-unsaturated/α-hetero) is 1. The SMILES string of the molecule is CC(=O)c1cc(C(=O)OCc2nnc(-c3ccccc3Br)o2)n(C)c1. The number of halogens is 1. The molecule has 0 amide bonds. The molecule has 3 rings (SSSR count). The summed E-state index contributed by atoms with van der Waals surface area (Å²) < 4.78 is 13.1. The Bertz CT molecular complexity index is 945. The minimum absolute atomic E-state index is 0.121. The van der Waals surface area contributed by atoms with E-state index in [2.05, 4.69) is 26.1 Å². The number of aromatic nitrogens is 3. The number of carbonyl (C=O) groups is 2. The summed E-state index contributed by atoms with van der Waals surface area (Å²) in [5.74, 6) is -0.184. The Morgan fingerprint density at radius 3 is 2.72 bits per heavy atom. The zero-order valence-electron chi connectivity index (χ0n) is 13.5. The van der Waals surface area contributed by atoms with Crippen LogP contribution >= 0.6 is 15.9 Å². The van der Waals surface area contributed by atoms with E-state index in [1.165, 1.54) is 13.0 Å². The van der Waals surface area contributed by atoms with Gasteiger partial charge in [-0.3, -0.25) is 4.79 Å². The van der Waals surface area contributed by atoms with Crippen molar-refractivity contribution in [2.45, 2.75) is 13.5 Å². The fraction of sp³-hybridized carbons (Fsp3) is 0.176. The van der Waals surface area contributed by atoms with Crippen molar-refractivity contribution in [2.24, 2.45) is 7.05 Å². The summed E-state index contributed by atoms with van der Waals surface area (Å²) >= 11 is 3.41. The normalized spacial score (nSPS) is 10.7. The van der Waals surface area contributed by atoms with Gasteiger partial charge in [0, 0.05) is 23.3 Å². The summed E-state index contributed by atoms with van der Waals surface area (Å²) in [5.41, 5.74) is 1.47. The fourth-order valence-corrected chi connectivity index (χ4v) is 2.67. The molecular weight excluding hydrogens is 390 g/mol. The first-order valence-corrected chi connectivity index (χ1v) is 8.16. The number of ketones is 1. The Balaban J connectivity index is 1.69. The van der Waals surface area contributed by atoms with Crippen LogP contribution in [0.3, 0.4) is 0 Å². The third-order valence-corrected chi connectivity index (χ3v) is 4.21. The number of hydrogen-bond donors (Lipinski definition) is 0. The van der Waals surface area contributed by atoms with Gasteiger partial charge in [0.05, 0.1) is 5.56 Å². The van der Waals surface area contributed by atoms with Crippen molar-refractivity contribution in [3.63, 3.8) is 0 Å². The van der Waals surface area contributed by atoms with Crippen molar-refractivity contribution in [3.05, 3.63) is 58.1 Å². The van der Waals surface area contributed by atoms with Crippen molar-refractivity contribution < 1.29 is 18.7 Å². The second-order valence-electron chi connectivity index (χ2n) is 5.34. The van der Waals surface area contributed by atoms with Gasteiger partial charge in [-0.2, -0.15) is 0 Å². The van der Waals surface area contributed by atoms with Gasteiger partial charge in [0.1, 0.15) is 5.69 Å². The van der Waals surface area contributed by atoms with E-state index in [1.807, 2.05) is 24.3 Å². The molecule has 3 aromatic rings. The Labute approximate surface area is 151 Å². The van der Waals surface area contributed by atoms with Gasteiger partial charge >= 0.3 is 5.97 Å². The monoisotopic (exact) mass is 403 g/mol. The van der Waals surface area contributed by atoms with Crippen LogP contribution in [0.1, 0.15) is 33.7 Å². The minimum Gasteiger partial charge on any atom is -0.451 e. The number of ether oxygens (including phenoxy) is 1. The number of esters is 1. The predicted molar refractivity (Wildman–Crippen MR) is 92.0 cm³/mol. The molecule has 1 aromatic carbocycles. The zero-order valence-corrected chi connectivity index (χ0v) is 15.1. The summed E-state index contributed by atoms with van der Waals surface area (Å²) in [6.07, 6.45) is 1.58. The molecule has 2 heterocycles. The largest absolute Gasteiger partial charge is 0.451 e. The van der Waals surface area contributed by atoms with Crippen molar-refractivity contribution in [2.75, 3.05) is 0 Å². The van der Waals surface area contributed by atoms with Gasteiger partial charge in [0.2, 0.25) is 5.89 Å². The number of aryl methyl sites for hydroxylation is 1. The van der Waals surface area contributed by atoms with Gasteiger partial charge in [-0.05, 0) is 41.1 Å². The predicted octanol–water partition coefficient (Wildman–Crippen LogP) is 3.40. The van der Waals surface area contributed by atoms with Gasteiger partial charge in [-0.25, -0.2) is 4.79 Å². The zero-order chi connectivity index (χ0) is 18.0. The number of rotatable bonds is 5.